The zero-order chi connectivity index (χ0) is 14.5. The number of hydrogen-bond donors (Lipinski definition) is 2. The summed E-state index contributed by atoms with van der Waals surface area (Å²) in [6.07, 6.45) is 6.51. The van der Waals surface area contributed by atoms with E-state index in [2.05, 4.69) is 27.5 Å². The number of amides is 1. The molecule has 0 bridgehead atoms. The molecule has 0 aliphatic rings. The van der Waals surface area contributed by atoms with Crippen LogP contribution in [-0.2, 0) is 4.79 Å². The summed E-state index contributed by atoms with van der Waals surface area (Å²) >= 11 is 0. The van der Waals surface area contributed by atoms with E-state index < -0.39 is 0 Å². The van der Waals surface area contributed by atoms with Crippen LogP contribution in [0.3, 0.4) is 0 Å². The third kappa shape index (κ3) is 2.98. The van der Waals surface area contributed by atoms with Gasteiger partial charge in [0.25, 0.3) is 0 Å². The topological polar surface area (TPSA) is 74.6 Å². The Morgan fingerprint density at radius 3 is 3.00 bits per heavy atom. The first-order valence-corrected chi connectivity index (χ1v) is 6.65. The minimum Gasteiger partial charge on any atom is -0.369 e. The van der Waals surface area contributed by atoms with Gasteiger partial charge in [0.05, 0.1) is 12.7 Å². The lowest BCUT2D eigenvalue weighted by molar-refractivity contribution is -0.119. The van der Waals surface area contributed by atoms with Crippen molar-refractivity contribution >= 4 is 23.2 Å². The van der Waals surface area contributed by atoms with E-state index in [9.17, 15) is 4.79 Å². The number of carbonyl (C=O) groups excluding carboxylic acids is 1. The molecule has 0 aliphatic heterocycles. The van der Waals surface area contributed by atoms with Gasteiger partial charge in [-0.25, -0.2) is 9.97 Å². The van der Waals surface area contributed by atoms with Crippen LogP contribution >= 0.6 is 0 Å². The van der Waals surface area contributed by atoms with Gasteiger partial charge in [-0.05, 0) is 6.42 Å². The summed E-state index contributed by atoms with van der Waals surface area (Å²) in [5, 5.41) is 5.86. The van der Waals surface area contributed by atoms with Crippen LogP contribution in [0.1, 0.15) is 13.3 Å². The lowest BCUT2D eigenvalue weighted by atomic mass is 10.4. The fourth-order valence-corrected chi connectivity index (χ4v) is 1.88. The lowest BCUT2D eigenvalue weighted by Gasteiger charge is -2.18. The van der Waals surface area contributed by atoms with E-state index in [0.717, 1.165) is 24.4 Å². The largest absolute Gasteiger partial charge is 0.369 e. The van der Waals surface area contributed by atoms with Crippen molar-refractivity contribution in [1.82, 2.24) is 19.7 Å². The molecule has 2 rings (SSSR count). The average molecular weight is 276 g/mol. The van der Waals surface area contributed by atoms with E-state index in [0.29, 0.717) is 5.82 Å². The van der Waals surface area contributed by atoms with Gasteiger partial charge >= 0.3 is 0 Å². The molecule has 1 amide bonds. The van der Waals surface area contributed by atoms with Crippen molar-refractivity contribution in [3.05, 3.63) is 18.6 Å². The van der Waals surface area contributed by atoms with Crippen LogP contribution < -0.4 is 15.5 Å². The Labute approximate surface area is 118 Å². The molecule has 0 unspecified atom stereocenters. The van der Waals surface area contributed by atoms with Gasteiger partial charge < -0.3 is 19.9 Å². The van der Waals surface area contributed by atoms with Gasteiger partial charge in [-0.3, -0.25) is 4.79 Å². The Balaban J connectivity index is 2.33. The van der Waals surface area contributed by atoms with Crippen LogP contribution in [0.15, 0.2) is 18.6 Å². The Hall–Kier alpha value is -2.31. The zero-order valence-electron chi connectivity index (χ0n) is 12.1. The SMILES string of the molecule is CCCNc1cn2ccnc2c(N(C)CC(=O)NC)n1. The van der Waals surface area contributed by atoms with E-state index in [1.54, 1.807) is 18.1 Å². The monoisotopic (exact) mass is 276 g/mol. The van der Waals surface area contributed by atoms with Crippen LogP contribution in [0.2, 0.25) is 0 Å². The van der Waals surface area contributed by atoms with Crippen molar-refractivity contribution in [2.24, 2.45) is 0 Å². The second kappa shape index (κ2) is 6.23. The van der Waals surface area contributed by atoms with Crippen molar-refractivity contribution in [2.75, 3.05) is 37.4 Å². The van der Waals surface area contributed by atoms with Crippen LogP contribution in [0.5, 0.6) is 0 Å². The molecule has 7 heteroatoms. The summed E-state index contributed by atoms with van der Waals surface area (Å²) in [5.74, 6) is 1.39. The van der Waals surface area contributed by atoms with Gasteiger partial charge in [-0.1, -0.05) is 6.92 Å². The molecule has 0 saturated carbocycles. The molecule has 0 aliphatic carbocycles. The minimum absolute atomic E-state index is 0.0640. The fourth-order valence-electron chi connectivity index (χ4n) is 1.88. The smallest absolute Gasteiger partial charge is 0.239 e. The first-order chi connectivity index (χ1) is 9.65. The van der Waals surface area contributed by atoms with Crippen molar-refractivity contribution in [2.45, 2.75) is 13.3 Å². The second-order valence-corrected chi connectivity index (χ2v) is 4.56. The number of carbonyl (C=O) groups is 1. The molecule has 0 atom stereocenters. The van der Waals surface area contributed by atoms with E-state index in [-0.39, 0.29) is 12.5 Å². The summed E-state index contributed by atoms with van der Waals surface area (Å²) in [6.45, 7) is 3.19. The van der Waals surface area contributed by atoms with Crippen molar-refractivity contribution in [3.63, 3.8) is 0 Å². The van der Waals surface area contributed by atoms with Crippen LogP contribution in [-0.4, -0.2) is 47.5 Å². The Morgan fingerprint density at radius 1 is 1.50 bits per heavy atom. The molecular weight excluding hydrogens is 256 g/mol. The molecule has 0 fully saturated rings. The summed E-state index contributed by atoms with van der Waals surface area (Å²) in [6, 6.07) is 0. The Kier molecular flexibility index (Phi) is 4.39. The lowest BCUT2D eigenvalue weighted by Crippen LogP contribution is -2.33. The molecule has 0 radical (unpaired) electrons. The maximum Gasteiger partial charge on any atom is 0.239 e. The van der Waals surface area contributed by atoms with Gasteiger partial charge in [0.1, 0.15) is 5.82 Å². The number of imidazole rings is 1. The molecule has 7 nitrogen and oxygen atoms in total. The van der Waals surface area contributed by atoms with E-state index >= 15 is 0 Å². The summed E-state index contributed by atoms with van der Waals surface area (Å²) < 4.78 is 1.90. The highest BCUT2D eigenvalue weighted by Gasteiger charge is 2.14. The third-order valence-corrected chi connectivity index (χ3v) is 2.93. The number of nitrogens with zero attached hydrogens (tertiary/aromatic N) is 4. The average Bonchev–Trinajstić information content (AvgIpc) is 2.92. The standard InChI is InChI=1S/C13H20N6O/c1-4-5-15-10-8-19-7-6-16-12(19)13(17-10)18(3)9-11(20)14-2/h6-8,15H,4-5,9H2,1-3H3,(H,14,20). The number of hydrogen-bond acceptors (Lipinski definition) is 5. The molecule has 0 aromatic carbocycles. The predicted octanol–water partition coefficient (Wildman–Crippen LogP) is 0.733. The van der Waals surface area contributed by atoms with Crippen LogP contribution in [0.4, 0.5) is 11.6 Å². The van der Waals surface area contributed by atoms with Gasteiger partial charge in [0.2, 0.25) is 5.91 Å². The fraction of sp³-hybridized carbons (Fsp3) is 0.462. The van der Waals surface area contributed by atoms with Crippen LogP contribution in [0, 0.1) is 0 Å². The van der Waals surface area contributed by atoms with Crippen molar-refractivity contribution < 1.29 is 4.79 Å². The molecule has 0 saturated heterocycles. The van der Waals surface area contributed by atoms with Gasteiger partial charge in [0, 0.05) is 33.0 Å². The van der Waals surface area contributed by atoms with E-state index in [1.165, 1.54) is 0 Å². The van der Waals surface area contributed by atoms with E-state index in [1.807, 2.05) is 23.8 Å². The maximum atomic E-state index is 11.5. The third-order valence-electron chi connectivity index (χ3n) is 2.93. The Bertz CT molecular complexity index is 594. The number of likely N-dealkylation sites (N-methyl/N-ethyl adjacent to an activating group) is 2. The molecule has 0 spiro atoms. The number of aromatic nitrogens is 3. The maximum absolute atomic E-state index is 11.5. The van der Waals surface area contributed by atoms with Crippen LogP contribution in [0.25, 0.3) is 5.65 Å². The number of nitrogens with one attached hydrogen (secondary N) is 2. The summed E-state index contributed by atoms with van der Waals surface area (Å²) in [7, 11) is 3.45. The van der Waals surface area contributed by atoms with Crippen molar-refractivity contribution in [3.8, 4) is 0 Å². The highest BCUT2D eigenvalue weighted by molar-refractivity contribution is 5.82. The van der Waals surface area contributed by atoms with Gasteiger partial charge in [0.15, 0.2) is 11.5 Å². The first kappa shape index (κ1) is 14.1. The molecule has 108 valence electrons. The number of fused-ring (bicyclic) bond motifs is 1. The predicted molar refractivity (Wildman–Crippen MR) is 79.1 cm³/mol. The zero-order valence-corrected chi connectivity index (χ0v) is 12.1. The molecule has 2 aromatic heterocycles. The molecular formula is C13H20N6O. The molecule has 20 heavy (non-hydrogen) atoms. The van der Waals surface area contributed by atoms with Gasteiger partial charge in [-0.2, -0.15) is 0 Å². The molecule has 2 N–H and O–H groups in total. The summed E-state index contributed by atoms with van der Waals surface area (Å²) in [4.78, 5) is 22.1. The highest BCUT2D eigenvalue weighted by atomic mass is 16.1. The molecule has 2 aromatic rings. The first-order valence-electron chi connectivity index (χ1n) is 6.65. The quantitative estimate of drug-likeness (QED) is 0.813. The highest BCUT2D eigenvalue weighted by Crippen LogP contribution is 2.19. The number of rotatable bonds is 6. The summed E-state index contributed by atoms with van der Waals surface area (Å²) in [5.41, 5.74) is 0.735. The Morgan fingerprint density at radius 2 is 2.30 bits per heavy atom. The second-order valence-electron chi connectivity index (χ2n) is 4.56. The molecule has 2 heterocycles. The van der Waals surface area contributed by atoms with Crippen molar-refractivity contribution in [1.29, 1.82) is 0 Å². The van der Waals surface area contributed by atoms with Gasteiger partial charge in [-0.15, -0.1) is 0 Å². The minimum atomic E-state index is -0.0640. The van der Waals surface area contributed by atoms with E-state index in [4.69, 9.17) is 0 Å². The normalized spacial score (nSPS) is 10.6. The number of anilines is 2.